The first kappa shape index (κ1) is 13.5. The van der Waals surface area contributed by atoms with Crippen LogP contribution >= 0.6 is 0 Å². The Balaban J connectivity index is 0.00000144. The third kappa shape index (κ3) is 4.03. The van der Waals surface area contributed by atoms with Crippen LogP contribution in [0, 0.1) is 0 Å². The molecule has 1 rings (SSSR count). The van der Waals surface area contributed by atoms with E-state index in [2.05, 4.69) is 5.32 Å². The summed E-state index contributed by atoms with van der Waals surface area (Å²) in [5.74, 6) is 0. The first-order chi connectivity index (χ1) is 5.54. The number of hydrogen-bond donors (Lipinski definition) is 1. The predicted octanol–water partition coefficient (Wildman–Crippen LogP) is -1.21. The van der Waals surface area contributed by atoms with E-state index < -0.39 is 12.4 Å². The minimum atomic E-state index is -4.85. The Bertz CT molecular complexity index is 259. The van der Waals surface area contributed by atoms with Crippen LogP contribution in [0.5, 0.6) is 0 Å². The van der Waals surface area contributed by atoms with Crippen LogP contribution in [0.4, 0.5) is 18.6 Å². The van der Waals surface area contributed by atoms with Gasteiger partial charge in [-0.1, -0.05) is 12.1 Å². The Morgan fingerprint density at radius 1 is 1.08 bits per heavy atom. The fourth-order valence-corrected chi connectivity index (χ4v) is 0.868. The number of anilines is 1. The second kappa shape index (κ2) is 5.41. The summed E-state index contributed by atoms with van der Waals surface area (Å²) in [6, 6.07) is 4.97. The first-order valence-electron chi connectivity index (χ1n) is 3.51. The fourth-order valence-electron chi connectivity index (χ4n) is 0.868. The zero-order chi connectivity index (χ0) is 9.19. The van der Waals surface area contributed by atoms with Crippen molar-refractivity contribution in [3.05, 3.63) is 24.3 Å². The molecule has 0 aliphatic heterocycles. The van der Waals surface area contributed by atoms with E-state index >= 15 is 0 Å². The standard InChI is InChI=1S/C7H8BF3N.K/c1-12-7-4-2-6(3-5-7)8(9,10)11;/h2-5,12H,1H3;/q-1;+1. The molecule has 0 saturated carbocycles. The van der Waals surface area contributed by atoms with Crippen LogP contribution in [0.25, 0.3) is 0 Å². The van der Waals surface area contributed by atoms with Gasteiger partial charge in [-0.3, -0.25) is 0 Å². The van der Waals surface area contributed by atoms with E-state index in [1.54, 1.807) is 7.05 Å². The van der Waals surface area contributed by atoms with Crippen molar-refractivity contribution in [2.75, 3.05) is 12.4 Å². The molecule has 0 amide bonds. The molecule has 1 nitrogen and oxygen atoms in total. The molecule has 0 unspecified atom stereocenters. The second-order valence-electron chi connectivity index (χ2n) is 2.45. The maximum Gasteiger partial charge on any atom is 1.00 e. The van der Waals surface area contributed by atoms with Crippen LogP contribution in [0.15, 0.2) is 24.3 Å². The second-order valence-corrected chi connectivity index (χ2v) is 2.45. The molecule has 1 N–H and O–H groups in total. The zero-order valence-electron chi connectivity index (χ0n) is 7.52. The van der Waals surface area contributed by atoms with E-state index in [1.807, 2.05) is 0 Å². The van der Waals surface area contributed by atoms with Gasteiger partial charge in [0.1, 0.15) is 0 Å². The minimum absolute atomic E-state index is 0. The van der Waals surface area contributed by atoms with Crippen molar-refractivity contribution in [3.8, 4) is 0 Å². The maximum absolute atomic E-state index is 12.1. The van der Waals surface area contributed by atoms with Crippen LogP contribution in [0.2, 0.25) is 0 Å². The third-order valence-corrected chi connectivity index (χ3v) is 1.58. The molecule has 0 radical (unpaired) electrons. The van der Waals surface area contributed by atoms with E-state index in [-0.39, 0.29) is 51.4 Å². The summed E-state index contributed by atoms with van der Waals surface area (Å²) in [7, 11) is 1.66. The van der Waals surface area contributed by atoms with E-state index in [4.69, 9.17) is 0 Å². The molecule has 0 saturated heterocycles. The largest absolute Gasteiger partial charge is 1.00 e. The van der Waals surface area contributed by atoms with Crippen molar-refractivity contribution in [1.29, 1.82) is 0 Å². The molecule has 0 atom stereocenters. The number of nitrogens with one attached hydrogen (secondary N) is 1. The number of benzene rings is 1. The third-order valence-electron chi connectivity index (χ3n) is 1.58. The van der Waals surface area contributed by atoms with Crippen LogP contribution in [0.1, 0.15) is 0 Å². The Kier molecular flexibility index (Phi) is 5.62. The molecule has 0 spiro atoms. The average Bonchev–Trinajstić information content (AvgIpc) is 2.03. The Labute approximate surface area is 118 Å². The van der Waals surface area contributed by atoms with Crippen LogP contribution in [-0.4, -0.2) is 14.0 Å². The number of rotatable bonds is 2. The quantitative estimate of drug-likeness (QED) is 0.607. The molecule has 1 aromatic rings. The van der Waals surface area contributed by atoms with Gasteiger partial charge in [-0.2, -0.15) is 0 Å². The van der Waals surface area contributed by atoms with E-state index in [0.717, 1.165) is 12.1 Å². The molecule has 0 heterocycles. The fraction of sp³-hybridized carbons (Fsp3) is 0.143. The number of halogens is 3. The Morgan fingerprint density at radius 3 is 1.85 bits per heavy atom. The topological polar surface area (TPSA) is 12.0 Å². The molecule has 0 bridgehead atoms. The Hall–Kier alpha value is 0.511. The first-order valence-corrected chi connectivity index (χ1v) is 3.51. The van der Waals surface area contributed by atoms with Gasteiger partial charge in [0.15, 0.2) is 0 Å². The van der Waals surface area contributed by atoms with E-state index in [1.165, 1.54) is 12.1 Å². The van der Waals surface area contributed by atoms with Gasteiger partial charge in [0.2, 0.25) is 0 Å². The normalized spacial score (nSPS) is 10.5. The maximum atomic E-state index is 12.1. The van der Waals surface area contributed by atoms with Crippen molar-refractivity contribution in [2.45, 2.75) is 0 Å². The van der Waals surface area contributed by atoms with Crippen molar-refractivity contribution in [3.63, 3.8) is 0 Å². The van der Waals surface area contributed by atoms with Gasteiger partial charge >= 0.3 is 58.4 Å². The molecule has 0 aromatic heterocycles. The minimum Gasteiger partial charge on any atom is -0.445 e. The summed E-state index contributed by atoms with van der Waals surface area (Å²) in [6.07, 6.45) is 0. The smallest absolute Gasteiger partial charge is 0.445 e. The molecule has 66 valence electrons. The van der Waals surface area contributed by atoms with Crippen molar-refractivity contribution in [2.24, 2.45) is 0 Å². The molecule has 1 aromatic carbocycles. The van der Waals surface area contributed by atoms with Gasteiger partial charge in [0.25, 0.3) is 0 Å². The monoisotopic (exact) mass is 213 g/mol. The molecule has 13 heavy (non-hydrogen) atoms. The summed E-state index contributed by atoms with van der Waals surface area (Å²) in [4.78, 5) is 0. The summed E-state index contributed by atoms with van der Waals surface area (Å²) in [6.45, 7) is -4.85. The van der Waals surface area contributed by atoms with E-state index in [9.17, 15) is 12.9 Å². The van der Waals surface area contributed by atoms with E-state index in [0.29, 0.717) is 5.69 Å². The molecular formula is C7H8BF3KN. The Morgan fingerprint density at radius 2 is 1.54 bits per heavy atom. The molecule has 0 aliphatic carbocycles. The van der Waals surface area contributed by atoms with Crippen LogP contribution in [-0.2, 0) is 0 Å². The molecular weight excluding hydrogens is 205 g/mol. The summed E-state index contributed by atoms with van der Waals surface area (Å²) >= 11 is 0. The summed E-state index contributed by atoms with van der Waals surface area (Å²) in [5, 5.41) is 2.75. The van der Waals surface area contributed by atoms with Crippen molar-refractivity contribution < 1.29 is 64.3 Å². The zero-order valence-corrected chi connectivity index (χ0v) is 10.6. The van der Waals surface area contributed by atoms with Gasteiger partial charge in [0.05, 0.1) is 0 Å². The van der Waals surface area contributed by atoms with Crippen molar-refractivity contribution >= 4 is 18.1 Å². The van der Waals surface area contributed by atoms with Gasteiger partial charge in [0, 0.05) is 12.7 Å². The molecule has 0 aliphatic rings. The van der Waals surface area contributed by atoms with Gasteiger partial charge in [-0.15, -0.1) is 5.46 Å². The predicted molar refractivity (Wildman–Crippen MR) is 44.7 cm³/mol. The molecule has 6 heteroatoms. The van der Waals surface area contributed by atoms with Crippen LogP contribution in [0.3, 0.4) is 0 Å². The summed E-state index contributed by atoms with van der Waals surface area (Å²) in [5.41, 5.74) is 0.118. The van der Waals surface area contributed by atoms with Crippen LogP contribution < -0.4 is 62.2 Å². The van der Waals surface area contributed by atoms with Crippen molar-refractivity contribution in [1.82, 2.24) is 0 Å². The molecule has 0 fully saturated rings. The summed E-state index contributed by atoms with van der Waals surface area (Å²) < 4.78 is 36.2. The van der Waals surface area contributed by atoms with Gasteiger partial charge in [-0.05, 0) is 12.1 Å². The van der Waals surface area contributed by atoms with Gasteiger partial charge < -0.3 is 18.3 Å². The van der Waals surface area contributed by atoms with Gasteiger partial charge in [-0.25, -0.2) is 0 Å². The SMILES string of the molecule is CNc1ccc([B-](F)(F)F)cc1.[K+]. The average molecular weight is 213 g/mol. The number of hydrogen-bond acceptors (Lipinski definition) is 1.